The molecule has 1 N–H and O–H groups in total. The van der Waals surface area contributed by atoms with Gasteiger partial charge in [0.15, 0.2) is 0 Å². The molecule has 1 heterocycles. The standard InChI is InChI=1S/C11H19BO2S/c1-8-6-7-9(15-8)12-14-11(4,5)10(2,3)13/h6-7,12-13H,1-5H3. The molecular weight excluding hydrogens is 207 g/mol. The lowest BCUT2D eigenvalue weighted by Crippen LogP contribution is -2.49. The summed E-state index contributed by atoms with van der Waals surface area (Å²) in [5, 5.41) is 9.91. The molecule has 0 aromatic carbocycles. The summed E-state index contributed by atoms with van der Waals surface area (Å²) < 4.78 is 6.95. The number of hydrogen-bond acceptors (Lipinski definition) is 3. The minimum absolute atomic E-state index is 0.537. The third-order valence-corrected chi connectivity index (χ3v) is 3.82. The van der Waals surface area contributed by atoms with Gasteiger partial charge in [0.1, 0.15) is 0 Å². The van der Waals surface area contributed by atoms with E-state index in [-0.39, 0.29) is 0 Å². The molecule has 1 aromatic heterocycles. The number of hydrogen-bond donors (Lipinski definition) is 1. The van der Waals surface area contributed by atoms with E-state index in [4.69, 9.17) is 4.65 Å². The highest BCUT2D eigenvalue weighted by molar-refractivity contribution is 7.20. The van der Waals surface area contributed by atoms with E-state index in [2.05, 4.69) is 19.1 Å². The van der Waals surface area contributed by atoms with E-state index >= 15 is 0 Å². The summed E-state index contributed by atoms with van der Waals surface area (Å²) in [6.45, 7) is 9.44. The molecule has 84 valence electrons. The summed E-state index contributed by atoms with van der Waals surface area (Å²) in [5.74, 6) is 0. The minimum atomic E-state index is -0.834. The van der Waals surface area contributed by atoms with Gasteiger partial charge in [0.25, 0.3) is 0 Å². The lowest BCUT2D eigenvalue weighted by Gasteiger charge is -2.37. The van der Waals surface area contributed by atoms with Crippen molar-refractivity contribution in [2.24, 2.45) is 0 Å². The average Bonchev–Trinajstić information content (AvgIpc) is 2.46. The Morgan fingerprint density at radius 1 is 1.27 bits per heavy atom. The monoisotopic (exact) mass is 226 g/mol. The van der Waals surface area contributed by atoms with Gasteiger partial charge in [-0.05, 0) is 40.7 Å². The molecule has 15 heavy (non-hydrogen) atoms. The van der Waals surface area contributed by atoms with Crippen molar-refractivity contribution in [3.63, 3.8) is 0 Å². The van der Waals surface area contributed by atoms with Crippen molar-refractivity contribution in [3.05, 3.63) is 17.0 Å². The molecule has 0 radical (unpaired) electrons. The summed E-state index contributed by atoms with van der Waals surface area (Å²) >= 11 is 1.73. The fourth-order valence-electron chi connectivity index (χ4n) is 0.991. The lowest BCUT2D eigenvalue weighted by molar-refractivity contribution is -0.0892. The van der Waals surface area contributed by atoms with Gasteiger partial charge in [-0.1, -0.05) is 6.07 Å². The highest BCUT2D eigenvalue weighted by Gasteiger charge is 2.35. The molecule has 1 rings (SSSR count). The van der Waals surface area contributed by atoms with Crippen LogP contribution >= 0.6 is 11.3 Å². The number of aliphatic hydroxyl groups is 1. The molecule has 0 atom stereocenters. The Kier molecular flexibility index (Phi) is 3.64. The van der Waals surface area contributed by atoms with Crippen LogP contribution in [0.15, 0.2) is 12.1 Å². The summed E-state index contributed by atoms with van der Waals surface area (Å²) in [5.41, 5.74) is -1.37. The molecular formula is C11H19BO2S. The minimum Gasteiger partial charge on any atom is -0.426 e. The topological polar surface area (TPSA) is 29.5 Å². The van der Waals surface area contributed by atoms with Crippen molar-refractivity contribution in [2.45, 2.75) is 45.8 Å². The molecule has 0 saturated carbocycles. The largest absolute Gasteiger partial charge is 0.426 e. The first-order valence-electron chi connectivity index (χ1n) is 5.14. The quantitative estimate of drug-likeness (QED) is 0.790. The highest BCUT2D eigenvalue weighted by Crippen LogP contribution is 2.24. The van der Waals surface area contributed by atoms with Gasteiger partial charge < -0.3 is 9.76 Å². The molecule has 0 aliphatic rings. The molecule has 0 spiro atoms. The zero-order valence-electron chi connectivity index (χ0n) is 10.1. The predicted molar refractivity (Wildman–Crippen MR) is 67.3 cm³/mol. The van der Waals surface area contributed by atoms with Crippen LogP contribution < -0.4 is 4.78 Å². The van der Waals surface area contributed by atoms with Crippen LogP contribution in [-0.2, 0) is 4.65 Å². The maximum absolute atomic E-state index is 9.91. The zero-order valence-corrected chi connectivity index (χ0v) is 10.9. The Morgan fingerprint density at radius 3 is 2.27 bits per heavy atom. The fourth-order valence-corrected chi connectivity index (χ4v) is 1.79. The van der Waals surface area contributed by atoms with E-state index in [0.29, 0.717) is 7.48 Å². The second kappa shape index (κ2) is 4.28. The Bertz CT molecular complexity index is 326. The fraction of sp³-hybridized carbons (Fsp3) is 0.636. The van der Waals surface area contributed by atoms with Gasteiger partial charge in [0.05, 0.1) is 11.2 Å². The second-order valence-electron chi connectivity index (χ2n) is 4.87. The van der Waals surface area contributed by atoms with Gasteiger partial charge in [-0.3, -0.25) is 0 Å². The second-order valence-corrected chi connectivity index (χ2v) is 6.24. The predicted octanol–water partition coefficient (Wildman–Crippen LogP) is 1.60. The third kappa shape index (κ3) is 3.33. The first kappa shape index (κ1) is 12.8. The summed E-state index contributed by atoms with van der Waals surface area (Å²) in [7, 11) is 0.565. The maximum Gasteiger partial charge on any atom is 0.319 e. The van der Waals surface area contributed by atoms with Crippen LogP contribution in [0.5, 0.6) is 0 Å². The van der Waals surface area contributed by atoms with Crippen LogP contribution in [0.4, 0.5) is 0 Å². The summed E-state index contributed by atoms with van der Waals surface area (Å²) in [6, 6.07) is 4.15. The lowest BCUT2D eigenvalue weighted by atomic mass is 9.86. The molecule has 2 nitrogen and oxygen atoms in total. The van der Waals surface area contributed by atoms with Crippen LogP contribution in [0.3, 0.4) is 0 Å². The van der Waals surface area contributed by atoms with E-state index in [1.807, 2.05) is 13.8 Å². The van der Waals surface area contributed by atoms with Gasteiger partial charge in [-0.15, -0.1) is 0 Å². The number of thiophene rings is 1. The van der Waals surface area contributed by atoms with Crippen LogP contribution in [0, 0.1) is 6.92 Å². The SMILES string of the molecule is Cc1ccc(BOC(C)(C)C(C)(C)O)s1. The molecule has 0 aliphatic heterocycles. The van der Waals surface area contributed by atoms with Gasteiger partial charge in [0, 0.05) is 9.65 Å². The summed E-state index contributed by atoms with van der Waals surface area (Å²) in [6.07, 6.45) is 0. The van der Waals surface area contributed by atoms with Gasteiger partial charge in [0.2, 0.25) is 0 Å². The maximum atomic E-state index is 9.91. The van der Waals surface area contributed by atoms with E-state index in [1.165, 1.54) is 9.65 Å². The van der Waals surface area contributed by atoms with Crippen molar-refractivity contribution >= 4 is 23.6 Å². The molecule has 1 aromatic rings. The first-order valence-corrected chi connectivity index (χ1v) is 5.96. The Hall–Kier alpha value is -0.315. The summed E-state index contributed by atoms with van der Waals surface area (Å²) in [4.78, 5) is 1.29. The van der Waals surface area contributed by atoms with Gasteiger partial charge in [-0.2, -0.15) is 11.3 Å². The van der Waals surface area contributed by atoms with Crippen molar-refractivity contribution in [1.29, 1.82) is 0 Å². The van der Waals surface area contributed by atoms with E-state index in [0.717, 1.165) is 0 Å². The van der Waals surface area contributed by atoms with Gasteiger partial charge >= 0.3 is 7.48 Å². The third-order valence-electron chi connectivity index (χ3n) is 2.84. The van der Waals surface area contributed by atoms with Crippen molar-refractivity contribution < 1.29 is 9.76 Å². The smallest absolute Gasteiger partial charge is 0.319 e. The molecule has 0 amide bonds. The number of aryl methyl sites for hydroxylation is 1. The molecule has 0 aliphatic carbocycles. The molecule has 0 saturated heterocycles. The molecule has 0 unspecified atom stereocenters. The number of rotatable bonds is 4. The zero-order chi connectivity index (χ0) is 11.7. The van der Waals surface area contributed by atoms with Crippen molar-refractivity contribution in [3.8, 4) is 0 Å². The van der Waals surface area contributed by atoms with Crippen LogP contribution in [0.25, 0.3) is 0 Å². The van der Waals surface area contributed by atoms with E-state index in [1.54, 1.807) is 25.2 Å². The van der Waals surface area contributed by atoms with Crippen molar-refractivity contribution in [2.75, 3.05) is 0 Å². The highest BCUT2D eigenvalue weighted by atomic mass is 32.1. The Morgan fingerprint density at radius 2 is 1.87 bits per heavy atom. The van der Waals surface area contributed by atoms with Gasteiger partial charge in [-0.25, -0.2) is 0 Å². The van der Waals surface area contributed by atoms with Crippen LogP contribution in [-0.4, -0.2) is 23.8 Å². The molecule has 0 fully saturated rings. The van der Waals surface area contributed by atoms with E-state index in [9.17, 15) is 5.11 Å². The first-order chi connectivity index (χ1) is 6.72. The van der Waals surface area contributed by atoms with Crippen molar-refractivity contribution in [1.82, 2.24) is 0 Å². The normalized spacial score (nSPS) is 12.9. The van der Waals surface area contributed by atoms with E-state index < -0.39 is 11.2 Å². The van der Waals surface area contributed by atoms with Crippen LogP contribution in [0.2, 0.25) is 0 Å². The average molecular weight is 226 g/mol. The Balaban J connectivity index is 2.57. The molecule has 0 bridgehead atoms. The van der Waals surface area contributed by atoms with Crippen LogP contribution in [0.1, 0.15) is 32.6 Å². The molecule has 4 heteroatoms. The Labute approximate surface area is 96.6 Å².